The number of amides is 1. The van der Waals surface area contributed by atoms with Gasteiger partial charge in [-0.15, -0.1) is 0 Å². The molecule has 0 fully saturated rings. The average Bonchev–Trinajstić information content (AvgIpc) is 2.93. The third-order valence-corrected chi connectivity index (χ3v) is 6.38. The van der Waals surface area contributed by atoms with Gasteiger partial charge in [-0.3, -0.25) is 14.9 Å². The van der Waals surface area contributed by atoms with Gasteiger partial charge in [0.2, 0.25) is 0 Å². The van der Waals surface area contributed by atoms with Crippen LogP contribution in [-0.4, -0.2) is 30.5 Å². The van der Waals surface area contributed by atoms with E-state index < -0.39 is 10.8 Å². The number of carbonyl (C=O) groups excluding carboxylic acids is 1. The lowest BCUT2D eigenvalue weighted by molar-refractivity contribution is -0.384. The summed E-state index contributed by atoms with van der Waals surface area (Å²) in [5.41, 5.74) is 2.88. The molecule has 0 aliphatic rings. The van der Waals surface area contributed by atoms with Gasteiger partial charge in [0.1, 0.15) is 18.2 Å². The van der Waals surface area contributed by atoms with Gasteiger partial charge in [-0.25, -0.2) is 0 Å². The summed E-state index contributed by atoms with van der Waals surface area (Å²) >= 11 is 3.49. The van der Waals surface area contributed by atoms with Crippen molar-refractivity contribution in [3.8, 4) is 17.6 Å². The Bertz CT molecular complexity index is 1380. The van der Waals surface area contributed by atoms with Crippen LogP contribution in [0.15, 0.2) is 70.7 Å². The van der Waals surface area contributed by atoms with Crippen molar-refractivity contribution in [3.05, 3.63) is 92.0 Å². The summed E-state index contributed by atoms with van der Waals surface area (Å²) in [6.07, 6.45) is 1.48. The summed E-state index contributed by atoms with van der Waals surface area (Å²) in [6, 6.07) is 18.9. The van der Waals surface area contributed by atoms with Crippen LogP contribution in [-0.2, 0) is 11.4 Å². The van der Waals surface area contributed by atoms with Gasteiger partial charge < -0.3 is 19.7 Å². The Morgan fingerprint density at radius 2 is 1.74 bits per heavy atom. The Hall–Kier alpha value is -4.36. The SMILES string of the molecule is CCOc1cc(/C=C(/C#N)C(=O)Nc2ccc(N(CC)CC)cc2)cc(Br)c1OCc1ccc([N+](=O)[O-])cc1. The Balaban J connectivity index is 1.78. The summed E-state index contributed by atoms with van der Waals surface area (Å²) in [7, 11) is 0. The highest BCUT2D eigenvalue weighted by Gasteiger charge is 2.15. The van der Waals surface area contributed by atoms with E-state index >= 15 is 0 Å². The zero-order chi connectivity index (χ0) is 28.4. The number of hydrogen-bond donors (Lipinski definition) is 1. The summed E-state index contributed by atoms with van der Waals surface area (Å²) < 4.78 is 12.3. The molecule has 3 aromatic rings. The van der Waals surface area contributed by atoms with E-state index in [1.54, 1.807) is 36.4 Å². The molecule has 9 nitrogen and oxygen atoms in total. The summed E-state index contributed by atoms with van der Waals surface area (Å²) in [5.74, 6) is 0.328. The number of anilines is 2. The van der Waals surface area contributed by atoms with Crippen LogP contribution < -0.4 is 19.7 Å². The number of nitrogens with zero attached hydrogens (tertiary/aromatic N) is 3. The van der Waals surface area contributed by atoms with Crippen LogP contribution in [0.5, 0.6) is 11.5 Å². The zero-order valence-corrected chi connectivity index (χ0v) is 23.5. The maximum Gasteiger partial charge on any atom is 0.269 e. The van der Waals surface area contributed by atoms with Gasteiger partial charge in [0.05, 0.1) is 16.0 Å². The molecule has 202 valence electrons. The maximum atomic E-state index is 12.8. The lowest BCUT2D eigenvalue weighted by atomic mass is 10.1. The molecule has 0 saturated carbocycles. The first-order valence-electron chi connectivity index (χ1n) is 12.4. The highest BCUT2D eigenvalue weighted by Crippen LogP contribution is 2.38. The molecule has 0 heterocycles. The number of rotatable bonds is 12. The fourth-order valence-corrected chi connectivity index (χ4v) is 4.38. The first kappa shape index (κ1) is 29.2. The molecule has 0 aliphatic heterocycles. The summed E-state index contributed by atoms with van der Waals surface area (Å²) in [6.45, 7) is 8.27. The average molecular weight is 593 g/mol. The van der Waals surface area contributed by atoms with Crippen molar-refractivity contribution in [1.29, 1.82) is 5.26 Å². The molecule has 0 spiro atoms. The molecule has 1 amide bonds. The van der Waals surface area contributed by atoms with Crippen LogP contribution in [0.4, 0.5) is 17.1 Å². The monoisotopic (exact) mass is 592 g/mol. The molecule has 0 bridgehead atoms. The molecule has 0 radical (unpaired) electrons. The van der Waals surface area contributed by atoms with Crippen LogP contribution in [0.2, 0.25) is 0 Å². The lowest BCUT2D eigenvalue weighted by Crippen LogP contribution is -2.21. The number of carbonyl (C=O) groups is 1. The van der Waals surface area contributed by atoms with E-state index in [9.17, 15) is 20.2 Å². The van der Waals surface area contributed by atoms with Crippen LogP contribution in [0.25, 0.3) is 6.08 Å². The van der Waals surface area contributed by atoms with Gasteiger partial charge in [-0.05, 0) is 102 Å². The number of nitro groups is 1. The largest absolute Gasteiger partial charge is 0.490 e. The zero-order valence-electron chi connectivity index (χ0n) is 21.9. The van der Waals surface area contributed by atoms with E-state index in [2.05, 4.69) is 40.0 Å². The van der Waals surface area contributed by atoms with Gasteiger partial charge in [0.25, 0.3) is 11.6 Å². The quantitative estimate of drug-likeness (QED) is 0.107. The van der Waals surface area contributed by atoms with Crippen molar-refractivity contribution in [2.24, 2.45) is 0 Å². The topological polar surface area (TPSA) is 118 Å². The van der Waals surface area contributed by atoms with Crippen LogP contribution >= 0.6 is 15.9 Å². The molecule has 0 saturated heterocycles. The molecular weight excluding hydrogens is 564 g/mol. The maximum absolute atomic E-state index is 12.8. The van der Waals surface area contributed by atoms with Crippen LogP contribution in [0, 0.1) is 21.4 Å². The fourth-order valence-electron chi connectivity index (χ4n) is 3.80. The molecule has 3 rings (SSSR count). The van der Waals surface area contributed by atoms with Gasteiger partial charge in [0, 0.05) is 36.6 Å². The number of ether oxygens (including phenoxy) is 2. The molecule has 0 unspecified atom stereocenters. The molecule has 0 atom stereocenters. The van der Waals surface area contributed by atoms with E-state index in [0.29, 0.717) is 33.8 Å². The van der Waals surface area contributed by atoms with Crippen molar-refractivity contribution in [2.45, 2.75) is 27.4 Å². The van der Waals surface area contributed by atoms with Gasteiger partial charge in [-0.2, -0.15) is 5.26 Å². The first-order valence-corrected chi connectivity index (χ1v) is 13.2. The Kier molecular flexibility index (Phi) is 10.5. The summed E-state index contributed by atoms with van der Waals surface area (Å²) in [4.78, 5) is 25.5. The third kappa shape index (κ3) is 7.82. The van der Waals surface area contributed by atoms with Crippen LogP contribution in [0.1, 0.15) is 31.9 Å². The number of hydrogen-bond acceptors (Lipinski definition) is 7. The van der Waals surface area contributed by atoms with Crippen molar-refractivity contribution in [2.75, 3.05) is 29.9 Å². The van der Waals surface area contributed by atoms with E-state index in [1.807, 2.05) is 25.1 Å². The second kappa shape index (κ2) is 14.0. The molecule has 0 aromatic heterocycles. The van der Waals surface area contributed by atoms with Gasteiger partial charge in [-0.1, -0.05) is 0 Å². The smallest absolute Gasteiger partial charge is 0.269 e. The number of benzene rings is 3. The third-order valence-electron chi connectivity index (χ3n) is 5.79. The van der Waals surface area contributed by atoms with Crippen LogP contribution in [0.3, 0.4) is 0 Å². The predicted octanol–water partition coefficient (Wildman–Crippen LogP) is 6.73. The normalized spacial score (nSPS) is 10.9. The number of nitrogens with one attached hydrogen (secondary N) is 1. The standard InChI is InChI=1S/C29H29BrN4O5/c1-4-33(5-2)24-13-9-23(10-14-24)32-29(35)22(18-31)15-21-16-26(30)28(27(17-21)38-6-3)39-19-20-7-11-25(12-8-20)34(36)37/h7-17H,4-6,19H2,1-3H3,(H,32,35)/b22-15-. The minimum atomic E-state index is -0.527. The minimum absolute atomic E-state index is 0.0000514. The van der Waals surface area contributed by atoms with Gasteiger partial charge in [0.15, 0.2) is 11.5 Å². The number of nitriles is 1. The van der Waals surface area contributed by atoms with E-state index in [1.165, 1.54) is 18.2 Å². The van der Waals surface area contributed by atoms with E-state index in [4.69, 9.17) is 9.47 Å². The molecule has 3 aromatic carbocycles. The predicted molar refractivity (Wildman–Crippen MR) is 155 cm³/mol. The number of halogens is 1. The van der Waals surface area contributed by atoms with Crippen molar-refractivity contribution in [1.82, 2.24) is 0 Å². The molecule has 0 aliphatic carbocycles. The number of non-ortho nitro benzene ring substituents is 1. The number of nitro benzene ring substituents is 1. The Morgan fingerprint density at radius 1 is 1.08 bits per heavy atom. The van der Waals surface area contributed by atoms with Gasteiger partial charge >= 0.3 is 0 Å². The Labute approximate surface area is 235 Å². The van der Waals surface area contributed by atoms with Crippen molar-refractivity contribution < 1.29 is 19.2 Å². The second-order valence-electron chi connectivity index (χ2n) is 8.32. The van der Waals surface area contributed by atoms with Crippen molar-refractivity contribution in [3.63, 3.8) is 0 Å². The van der Waals surface area contributed by atoms with E-state index in [-0.39, 0.29) is 17.9 Å². The van der Waals surface area contributed by atoms with E-state index in [0.717, 1.165) is 24.3 Å². The Morgan fingerprint density at radius 3 is 2.31 bits per heavy atom. The summed E-state index contributed by atoms with van der Waals surface area (Å²) in [5, 5.41) is 23.3. The highest BCUT2D eigenvalue weighted by atomic mass is 79.9. The lowest BCUT2D eigenvalue weighted by Gasteiger charge is -2.21. The minimum Gasteiger partial charge on any atom is -0.490 e. The fraction of sp³-hybridized carbons (Fsp3) is 0.241. The second-order valence-corrected chi connectivity index (χ2v) is 9.17. The molecule has 1 N–H and O–H groups in total. The molecular formula is C29H29BrN4O5. The molecule has 39 heavy (non-hydrogen) atoms. The molecule has 10 heteroatoms. The van der Waals surface area contributed by atoms with Crippen molar-refractivity contribution >= 4 is 45.0 Å². The first-order chi connectivity index (χ1) is 18.8. The highest BCUT2D eigenvalue weighted by molar-refractivity contribution is 9.10.